The van der Waals surface area contributed by atoms with Gasteiger partial charge in [0.15, 0.2) is 0 Å². The normalized spacial score (nSPS) is 17.7. The molecule has 2 aromatic rings. The fourth-order valence-electron chi connectivity index (χ4n) is 3.03. The Morgan fingerprint density at radius 1 is 1.29 bits per heavy atom. The molecule has 3 rings (SSSR count). The van der Waals surface area contributed by atoms with Crippen molar-refractivity contribution in [3.05, 3.63) is 57.5 Å². The highest BCUT2D eigenvalue weighted by Crippen LogP contribution is 2.37. The van der Waals surface area contributed by atoms with E-state index in [0.717, 1.165) is 12.0 Å². The molecule has 1 amide bonds. The predicted octanol–water partition coefficient (Wildman–Crippen LogP) is 3.75. The fourth-order valence-corrected chi connectivity index (χ4v) is 3.94. The van der Waals surface area contributed by atoms with Gasteiger partial charge in [0.2, 0.25) is 5.91 Å². The molecular weight excluding hydrogens is 323 g/mol. The quantitative estimate of drug-likeness (QED) is 0.918. The minimum Gasteiger partial charge on any atom is -0.330 e. The topological polar surface area (TPSA) is 32.3 Å². The molecule has 0 aliphatic carbocycles. The van der Waals surface area contributed by atoms with Crippen molar-refractivity contribution in [3.8, 4) is 0 Å². The minimum absolute atomic E-state index is 0.0797. The molecule has 128 valence electrons. The molecule has 0 fully saturated rings. The zero-order valence-corrected chi connectivity index (χ0v) is 15.1. The molecule has 1 aromatic heterocycles. The summed E-state index contributed by atoms with van der Waals surface area (Å²) in [4.78, 5) is 16.1. The van der Waals surface area contributed by atoms with Crippen LogP contribution in [0.3, 0.4) is 0 Å². The highest BCUT2D eigenvalue weighted by Gasteiger charge is 2.32. The van der Waals surface area contributed by atoms with Crippen LogP contribution < -0.4 is 5.32 Å². The number of carbonyl (C=O) groups is 1. The minimum atomic E-state index is -0.257. The first kappa shape index (κ1) is 17.1. The van der Waals surface area contributed by atoms with Gasteiger partial charge >= 0.3 is 0 Å². The second-order valence-corrected chi connectivity index (χ2v) is 8.19. The first-order chi connectivity index (χ1) is 11.3. The van der Waals surface area contributed by atoms with E-state index in [0.29, 0.717) is 13.1 Å². The van der Waals surface area contributed by atoms with Crippen LogP contribution in [0.1, 0.15) is 42.8 Å². The third-order valence-corrected chi connectivity index (χ3v) is 5.24. The smallest absolute Gasteiger partial charge is 0.237 e. The summed E-state index contributed by atoms with van der Waals surface area (Å²) in [6, 6.07) is 8.45. The summed E-state index contributed by atoms with van der Waals surface area (Å²) in [5.74, 6) is -0.177. The fraction of sp³-hybridized carbons (Fsp3) is 0.421. The van der Waals surface area contributed by atoms with Crippen molar-refractivity contribution < 1.29 is 9.18 Å². The van der Waals surface area contributed by atoms with E-state index in [2.05, 4.69) is 16.8 Å². The maximum atomic E-state index is 13.3. The Hall–Kier alpha value is -1.72. The highest BCUT2D eigenvalue weighted by atomic mass is 32.1. The Labute approximate surface area is 146 Å². The first-order valence-electron chi connectivity index (χ1n) is 8.21. The molecule has 0 saturated carbocycles. The van der Waals surface area contributed by atoms with Crippen molar-refractivity contribution in [1.29, 1.82) is 0 Å². The summed E-state index contributed by atoms with van der Waals surface area (Å²) < 4.78 is 13.3. The molecule has 1 atom stereocenters. The largest absolute Gasteiger partial charge is 0.330 e. The number of nitrogens with zero attached hydrogens (tertiary/aromatic N) is 1. The molecule has 3 nitrogen and oxygen atoms in total. The molecule has 1 aliphatic heterocycles. The predicted molar refractivity (Wildman–Crippen MR) is 95.7 cm³/mol. The average Bonchev–Trinajstić information content (AvgIpc) is 3.00. The van der Waals surface area contributed by atoms with Gasteiger partial charge in [0.25, 0.3) is 0 Å². The summed E-state index contributed by atoms with van der Waals surface area (Å²) in [5.41, 5.74) is 2.02. The molecule has 0 saturated heterocycles. The average molecular weight is 346 g/mol. The lowest BCUT2D eigenvalue weighted by Gasteiger charge is -2.37. The number of benzene rings is 1. The second kappa shape index (κ2) is 6.65. The second-order valence-electron chi connectivity index (χ2n) is 7.19. The first-order valence-corrected chi connectivity index (χ1v) is 9.09. The van der Waals surface area contributed by atoms with Crippen molar-refractivity contribution in [2.24, 2.45) is 0 Å². The molecule has 0 radical (unpaired) electrons. The summed E-state index contributed by atoms with van der Waals surface area (Å²) in [6.07, 6.45) is 0.881. The third-order valence-electron chi connectivity index (χ3n) is 4.24. The lowest BCUT2D eigenvalue weighted by molar-refractivity contribution is -0.132. The van der Waals surface area contributed by atoms with E-state index in [1.54, 1.807) is 23.5 Å². The standard InChI is InChI=1S/C19H23FN2OS/c1-19(2,3)21-12-17(23)22-10-8-16-15(9-11-24-16)18(22)13-4-6-14(20)7-5-13/h4-7,9,11,18,21H,8,10,12H2,1-3H3. The number of thiophene rings is 1. The molecule has 1 unspecified atom stereocenters. The van der Waals surface area contributed by atoms with Gasteiger partial charge in [-0.15, -0.1) is 11.3 Å². The van der Waals surface area contributed by atoms with Crippen LogP contribution in [0.15, 0.2) is 35.7 Å². The van der Waals surface area contributed by atoms with E-state index in [-0.39, 0.29) is 23.3 Å². The van der Waals surface area contributed by atoms with E-state index >= 15 is 0 Å². The molecule has 2 heterocycles. The number of nitrogens with one attached hydrogen (secondary N) is 1. The van der Waals surface area contributed by atoms with Crippen LogP contribution in [-0.2, 0) is 11.2 Å². The highest BCUT2D eigenvalue weighted by molar-refractivity contribution is 7.10. The number of fused-ring (bicyclic) bond motifs is 1. The van der Waals surface area contributed by atoms with Crippen molar-refractivity contribution in [1.82, 2.24) is 10.2 Å². The van der Waals surface area contributed by atoms with Gasteiger partial charge in [0.05, 0.1) is 12.6 Å². The van der Waals surface area contributed by atoms with Crippen LogP contribution in [-0.4, -0.2) is 29.4 Å². The van der Waals surface area contributed by atoms with Gasteiger partial charge in [-0.25, -0.2) is 4.39 Å². The third kappa shape index (κ3) is 3.68. The molecule has 1 N–H and O–H groups in total. The van der Waals surface area contributed by atoms with E-state index in [9.17, 15) is 9.18 Å². The number of halogens is 1. The summed E-state index contributed by atoms with van der Waals surface area (Å²) in [6.45, 7) is 7.14. The number of rotatable bonds is 3. The van der Waals surface area contributed by atoms with Crippen LogP contribution in [0, 0.1) is 5.82 Å². The SMILES string of the molecule is CC(C)(C)NCC(=O)N1CCc2sccc2C1c1ccc(F)cc1. The Kier molecular flexibility index (Phi) is 4.74. The Morgan fingerprint density at radius 3 is 2.67 bits per heavy atom. The lowest BCUT2D eigenvalue weighted by atomic mass is 9.93. The van der Waals surface area contributed by atoms with E-state index in [4.69, 9.17) is 0 Å². The zero-order valence-electron chi connectivity index (χ0n) is 14.3. The van der Waals surface area contributed by atoms with Crippen molar-refractivity contribution in [3.63, 3.8) is 0 Å². The van der Waals surface area contributed by atoms with Crippen LogP contribution in [0.2, 0.25) is 0 Å². The zero-order chi connectivity index (χ0) is 17.3. The lowest BCUT2D eigenvalue weighted by Crippen LogP contribution is -2.48. The molecule has 0 spiro atoms. The Bertz CT molecular complexity index is 718. The maximum Gasteiger partial charge on any atom is 0.237 e. The molecule has 1 aliphatic rings. The van der Waals surface area contributed by atoms with Gasteiger partial charge in [-0.3, -0.25) is 4.79 Å². The molecule has 24 heavy (non-hydrogen) atoms. The van der Waals surface area contributed by atoms with Gasteiger partial charge in [0.1, 0.15) is 5.82 Å². The number of carbonyl (C=O) groups excluding carboxylic acids is 1. The van der Waals surface area contributed by atoms with Crippen LogP contribution in [0.4, 0.5) is 4.39 Å². The molecular formula is C19H23FN2OS. The van der Waals surface area contributed by atoms with Crippen LogP contribution in [0.25, 0.3) is 0 Å². The maximum absolute atomic E-state index is 13.3. The van der Waals surface area contributed by atoms with Crippen molar-refractivity contribution in [2.75, 3.05) is 13.1 Å². The summed E-state index contributed by atoms with van der Waals surface area (Å²) in [7, 11) is 0. The van der Waals surface area contributed by atoms with E-state index in [1.165, 1.54) is 22.6 Å². The number of amides is 1. The number of hydrogen-bond donors (Lipinski definition) is 1. The van der Waals surface area contributed by atoms with Crippen LogP contribution >= 0.6 is 11.3 Å². The molecule has 0 bridgehead atoms. The molecule has 5 heteroatoms. The molecule has 1 aromatic carbocycles. The van der Waals surface area contributed by atoms with Gasteiger partial charge < -0.3 is 10.2 Å². The summed E-state index contributed by atoms with van der Waals surface area (Å²) >= 11 is 1.73. The summed E-state index contributed by atoms with van der Waals surface area (Å²) in [5, 5.41) is 5.34. The Balaban J connectivity index is 1.90. The Morgan fingerprint density at radius 2 is 2.00 bits per heavy atom. The van der Waals surface area contributed by atoms with Crippen molar-refractivity contribution >= 4 is 17.2 Å². The monoisotopic (exact) mass is 346 g/mol. The van der Waals surface area contributed by atoms with Gasteiger partial charge in [-0.1, -0.05) is 12.1 Å². The number of hydrogen-bond acceptors (Lipinski definition) is 3. The van der Waals surface area contributed by atoms with Gasteiger partial charge in [0, 0.05) is 17.0 Å². The van der Waals surface area contributed by atoms with Crippen molar-refractivity contribution in [2.45, 2.75) is 38.8 Å². The van der Waals surface area contributed by atoms with E-state index < -0.39 is 0 Å². The van der Waals surface area contributed by atoms with Gasteiger partial charge in [-0.05, 0) is 61.9 Å². The van der Waals surface area contributed by atoms with Crippen LogP contribution in [0.5, 0.6) is 0 Å². The van der Waals surface area contributed by atoms with E-state index in [1.807, 2.05) is 25.7 Å². The van der Waals surface area contributed by atoms with Gasteiger partial charge in [-0.2, -0.15) is 0 Å².